The largest absolute Gasteiger partial charge is 0.416 e. The predicted molar refractivity (Wildman–Crippen MR) is 56.3 cm³/mol. The molecule has 0 aliphatic rings. The molecule has 0 N–H and O–H groups in total. The van der Waals surface area contributed by atoms with E-state index in [4.69, 9.17) is 0 Å². The summed E-state index contributed by atoms with van der Waals surface area (Å²) in [5, 5.41) is 3.87. The predicted octanol–water partition coefficient (Wildman–Crippen LogP) is 2.86. The first-order valence-electron chi connectivity index (χ1n) is 4.81. The van der Waals surface area contributed by atoms with E-state index in [0.717, 1.165) is 12.1 Å². The normalized spacial score (nSPS) is 11.1. The van der Waals surface area contributed by atoms with Gasteiger partial charge in [-0.2, -0.15) is 23.3 Å². The number of nitrogens with zero attached hydrogens (tertiary/aromatic N) is 3. The van der Waals surface area contributed by atoms with Crippen LogP contribution in [0.15, 0.2) is 41.7 Å². The molecule has 0 spiro atoms. The highest BCUT2D eigenvalue weighted by atomic mass is 19.4. The van der Waals surface area contributed by atoms with Crippen molar-refractivity contribution >= 4 is 11.8 Å². The first-order valence-corrected chi connectivity index (χ1v) is 4.81. The van der Waals surface area contributed by atoms with Gasteiger partial charge in [-0.05, 0) is 24.3 Å². The molecule has 0 bridgehead atoms. The smallest absolute Gasteiger partial charge is 0.239 e. The average Bonchev–Trinajstić information content (AvgIpc) is 2.81. The third-order valence-electron chi connectivity index (χ3n) is 2.22. The Bertz CT molecular complexity index is 598. The minimum Gasteiger partial charge on any atom is -0.239 e. The molecule has 1 aromatic carbocycles. The van der Waals surface area contributed by atoms with Crippen molar-refractivity contribution in [2.24, 2.45) is 4.99 Å². The summed E-state index contributed by atoms with van der Waals surface area (Å²) < 4.78 is 38.9. The number of halogens is 3. The molecule has 2 rings (SSSR count). The van der Waals surface area contributed by atoms with Crippen molar-refractivity contribution in [2.75, 3.05) is 0 Å². The number of benzene rings is 1. The van der Waals surface area contributed by atoms with Crippen molar-refractivity contribution in [3.63, 3.8) is 0 Å². The maximum Gasteiger partial charge on any atom is 0.416 e. The van der Waals surface area contributed by atoms with Crippen molar-refractivity contribution in [3.05, 3.63) is 42.2 Å². The van der Waals surface area contributed by atoms with Crippen molar-refractivity contribution in [2.45, 2.75) is 6.18 Å². The van der Waals surface area contributed by atoms with Gasteiger partial charge in [-0.1, -0.05) is 0 Å². The van der Waals surface area contributed by atoms with E-state index in [0.29, 0.717) is 0 Å². The van der Waals surface area contributed by atoms with Gasteiger partial charge < -0.3 is 0 Å². The zero-order valence-corrected chi connectivity index (χ0v) is 8.85. The number of aliphatic imine (C=N–C) groups is 1. The lowest BCUT2D eigenvalue weighted by Gasteiger charge is -2.10. The van der Waals surface area contributed by atoms with Gasteiger partial charge in [0.1, 0.15) is 5.69 Å². The molecule has 0 amide bonds. The van der Waals surface area contributed by atoms with Crippen molar-refractivity contribution in [1.82, 2.24) is 9.78 Å². The van der Waals surface area contributed by atoms with Gasteiger partial charge in [-0.3, -0.25) is 0 Å². The maximum atomic E-state index is 12.5. The van der Waals surface area contributed by atoms with E-state index in [1.165, 1.54) is 29.2 Å². The average molecular weight is 253 g/mol. The van der Waals surface area contributed by atoms with Crippen molar-refractivity contribution in [3.8, 4) is 5.69 Å². The molecule has 18 heavy (non-hydrogen) atoms. The molecule has 0 atom stereocenters. The van der Waals surface area contributed by atoms with Gasteiger partial charge >= 0.3 is 6.18 Å². The molecular weight excluding hydrogens is 247 g/mol. The van der Waals surface area contributed by atoms with Crippen molar-refractivity contribution < 1.29 is 18.0 Å². The van der Waals surface area contributed by atoms with Crippen LogP contribution in [0.2, 0.25) is 0 Å². The summed E-state index contributed by atoms with van der Waals surface area (Å²) >= 11 is 0. The first-order chi connectivity index (χ1) is 8.52. The maximum absolute atomic E-state index is 12.5. The second kappa shape index (κ2) is 4.46. The van der Waals surface area contributed by atoms with Gasteiger partial charge in [0.15, 0.2) is 0 Å². The Labute approximate surface area is 99.4 Å². The fourth-order valence-electron chi connectivity index (χ4n) is 1.44. The lowest BCUT2D eigenvalue weighted by molar-refractivity contribution is -0.137. The van der Waals surface area contributed by atoms with Gasteiger partial charge in [0.2, 0.25) is 6.08 Å². The number of rotatable bonds is 2. The Kier molecular flexibility index (Phi) is 2.99. The Morgan fingerprint density at radius 2 is 2.11 bits per heavy atom. The van der Waals surface area contributed by atoms with Crippen LogP contribution in [0.3, 0.4) is 0 Å². The second-order valence-corrected chi connectivity index (χ2v) is 3.35. The topological polar surface area (TPSA) is 47.2 Å². The molecule has 0 aliphatic carbocycles. The molecule has 7 heteroatoms. The molecule has 1 aromatic heterocycles. The molecule has 2 aromatic rings. The third kappa shape index (κ3) is 2.31. The molecular formula is C11H6F3N3O. The fourth-order valence-corrected chi connectivity index (χ4v) is 1.44. The second-order valence-electron chi connectivity index (χ2n) is 3.35. The Balaban J connectivity index is 2.59. The van der Waals surface area contributed by atoms with Gasteiger partial charge in [0, 0.05) is 12.4 Å². The Morgan fingerprint density at radius 3 is 2.67 bits per heavy atom. The lowest BCUT2D eigenvalue weighted by Crippen LogP contribution is -2.05. The van der Waals surface area contributed by atoms with E-state index in [1.807, 2.05) is 0 Å². The summed E-state index contributed by atoms with van der Waals surface area (Å²) in [6.45, 7) is 0. The standard InChI is InChI=1S/C11H6F3N3O/c12-11(13,14)8-2-3-10(9(6-8)15-7-18)17-5-1-4-16-17/h1-6H. The van der Waals surface area contributed by atoms with E-state index < -0.39 is 11.7 Å². The first kappa shape index (κ1) is 12.1. The molecule has 4 nitrogen and oxygen atoms in total. The molecule has 0 aliphatic heterocycles. The number of isocyanates is 1. The monoisotopic (exact) mass is 253 g/mol. The van der Waals surface area contributed by atoms with Gasteiger partial charge in [-0.25, -0.2) is 9.48 Å². The summed E-state index contributed by atoms with van der Waals surface area (Å²) in [5.74, 6) is 0. The SMILES string of the molecule is O=C=Nc1cc(C(F)(F)F)ccc1-n1cccn1. The minimum atomic E-state index is -4.49. The zero-order chi connectivity index (χ0) is 13.2. The van der Waals surface area contributed by atoms with Crippen LogP contribution in [-0.2, 0) is 11.0 Å². The van der Waals surface area contributed by atoms with Crippen LogP contribution < -0.4 is 0 Å². The van der Waals surface area contributed by atoms with E-state index in [9.17, 15) is 18.0 Å². The quantitative estimate of drug-likeness (QED) is 0.610. The Morgan fingerprint density at radius 1 is 1.33 bits per heavy atom. The highest BCUT2D eigenvalue weighted by Crippen LogP contribution is 2.34. The van der Waals surface area contributed by atoms with Crippen LogP contribution >= 0.6 is 0 Å². The van der Waals surface area contributed by atoms with E-state index >= 15 is 0 Å². The van der Waals surface area contributed by atoms with Gasteiger partial charge in [0.05, 0.1) is 11.3 Å². The summed E-state index contributed by atoms with van der Waals surface area (Å²) in [7, 11) is 0. The van der Waals surface area contributed by atoms with E-state index in [2.05, 4.69) is 10.1 Å². The summed E-state index contributed by atoms with van der Waals surface area (Å²) in [6, 6.07) is 4.49. The van der Waals surface area contributed by atoms with E-state index in [1.54, 1.807) is 6.07 Å². The fraction of sp³-hybridized carbons (Fsp3) is 0.0909. The molecule has 0 radical (unpaired) electrons. The lowest BCUT2D eigenvalue weighted by atomic mass is 10.1. The van der Waals surface area contributed by atoms with Gasteiger partial charge in [0.25, 0.3) is 0 Å². The molecule has 1 heterocycles. The number of carbonyl (C=O) groups excluding carboxylic acids is 1. The summed E-state index contributed by atoms with van der Waals surface area (Å²) in [4.78, 5) is 13.5. The molecule has 0 saturated heterocycles. The number of hydrogen-bond donors (Lipinski definition) is 0. The highest BCUT2D eigenvalue weighted by molar-refractivity contribution is 5.62. The molecule has 92 valence electrons. The Hall–Kier alpha value is -2.40. The summed E-state index contributed by atoms with van der Waals surface area (Å²) in [5.41, 5.74) is -0.743. The van der Waals surface area contributed by atoms with Gasteiger partial charge in [-0.15, -0.1) is 0 Å². The number of hydrogen-bond acceptors (Lipinski definition) is 3. The van der Waals surface area contributed by atoms with Crippen LogP contribution in [0.4, 0.5) is 18.9 Å². The van der Waals surface area contributed by atoms with E-state index in [-0.39, 0.29) is 11.4 Å². The summed E-state index contributed by atoms with van der Waals surface area (Å²) in [6.07, 6.45) is -0.260. The van der Waals surface area contributed by atoms with Crippen LogP contribution in [0, 0.1) is 0 Å². The highest BCUT2D eigenvalue weighted by Gasteiger charge is 2.31. The zero-order valence-electron chi connectivity index (χ0n) is 8.85. The number of aromatic nitrogens is 2. The van der Waals surface area contributed by atoms with Crippen LogP contribution in [0.1, 0.15) is 5.56 Å². The molecule has 0 saturated carbocycles. The van der Waals surface area contributed by atoms with Crippen LogP contribution in [0.25, 0.3) is 5.69 Å². The number of alkyl halides is 3. The minimum absolute atomic E-state index is 0.136. The van der Waals surface area contributed by atoms with Crippen LogP contribution in [-0.4, -0.2) is 15.9 Å². The van der Waals surface area contributed by atoms with Crippen LogP contribution in [0.5, 0.6) is 0 Å². The molecule has 0 unspecified atom stereocenters. The third-order valence-corrected chi connectivity index (χ3v) is 2.22. The van der Waals surface area contributed by atoms with Crippen molar-refractivity contribution in [1.29, 1.82) is 0 Å². The molecule has 0 fully saturated rings.